The van der Waals surface area contributed by atoms with E-state index < -0.39 is 0 Å². The van der Waals surface area contributed by atoms with E-state index in [-0.39, 0.29) is 64.0 Å². The van der Waals surface area contributed by atoms with E-state index in [1.54, 1.807) is 18.6 Å². The quantitative estimate of drug-likeness (QED) is 0.541. The summed E-state index contributed by atoms with van der Waals surface area (Å²) in [5, 5.41) is 0. The molecule has 0 bridgehead atoms. The molecule has 0 N–H and O–H groups in total. The van der Waals surface area contributed by atoms with Crippen molar-refractivity contribution in [2.24, 2.45) is 0 Å². The summed E-state index contributed by atoms with van der Waals surface area (Å²) in [4.78, 5) is 0. The molecule has 0 unspecified atom stereocenters. The molecule has 0 aliphatic rings. The molecular weight excluding hydrogens is 201 g/mol. The number of rotatable bonds is 1. The van der Waals surface area contributed by atoms with Gasteiger partial charge in [-0.25, -0.2) is 0 Å². The number of halogens is 1. The van der Waals surface area contributed by atoms with Gasteiger partial charge in [-0.1, -0.05) is 19.1 Å². The van der Waals surface area contributed by atoms with E-state index in [1.165, 1.54) is 6.07 Å². The van der Waals surface area contributed by atoms with E-state index in [2.05, 4.69) is 0 Å². The molecule has 0 radical (unpaired) electrons. The topological polar surface area (TPSA) is 0 Å². The standard InChI is InChI=1S/C8H8F.Rb/c1-2-7-5-3-4-6-8(7)9;/h2-6H,1H3;/q-1;+1. The third-order valence-corrected chi connectivity index (χ3v) is 1.22. The van der Waals surface area contributed by atoms with Gasteiger partial charge in [0.05, 0.1) is 0 Å². The Morgan fingerprint density at radius 2 is 1.90 bits per heavy atom. The summed E-state index contributed by atoms with van der Waals surface area (Å²) in [6.45, 7) is 1.82. The molecule has 48 valence electrons. The SMILES string of the molecule is C[CH-]c1ccccc1F.[Rb+]. The van der Waals surface area contributed by atoms with Crippen LogP contribution in [0.5, 0.6) is 0 Å². The summed E-state index contributed by atoms with van der Waals surface area (Å²) < 4.78 is 12.6. The fraction of sp³-hybridized carbons (Fsp3) is 0.125. The molecule has 0 fully saturated rings. The Labute approximate surface area is 110 Å². The molecule has 2 heteroatoms. The maximum absolute atomic E-state index is 12.6. The van der Waals surface area contributed by atoms with E-state index in [0.717, 1.165) is 0 Å². The van der Waals surface area contributed by atoms with Gasteiger partial charge in [-0.15, -0.1) is 6.07 Å². The van der Waals surface area contributed by atoms with Crippen LogP contribution in [0.1, 0.15) is 12.5 Å². The molecular formula is C8H8FRb. The molecule has 0 aromatic heterocycles. The number of hydrogen-bond donors (Lipinski definition) is 0. The first-order valence-electron chi connectivity index (χ1n) is 2.88. The normalized spacial score (nSPS) is 8.20. The molecule has 0 saturated heterocycles. The van der Waals surface area contributed by atoms with Gasteiger partial charge in [0.15, 0.2) is 0 Å². The van der Waals surface area contributed by atoms with Gasteiger partial charge in [0.1, 0.15) is 0 Å². The van der Waals surface area contributed by atoms with Gasteiger partial charge in [0.25, 0.3) is 0 Å². The maximum Gasteiger partial charge on any atom is 1.00 e. The van der Waals surface area contributed by atoms with Crippen molar-refractivity contribution in [2.45, 2.75) is 6.92 Å². The molecule has 0 saturated carbocycles. The van der Waals surface area contributed by atoms with Gasteiger partial charge in [0.2, 0.25) is 0 Å². The minimum atomic E-state index is -0.153. The van der Waals surface area contributed by atoms with E-state index in [4.69, 9.17) is 0 Å². The van der Waals surface area contributed by atoms with E-state index in [0.29, 0.717) is 5.56 Å². The molecule has 0 aliphatic heterocycles. The first-order chi connectivity index (χ1) is 4.34. The Kier molecular flexibility index (Phi) is 5.92. The van der Waals surface area contributed by atoms with Crippen LogP contribution in [0.15, 0.2) is 24.3 Å². The zero-order chi connectivity index (χ0) is 6.69. The molecule has 0 aliphatic carbocycles. The summed E-state index contributed by atoms with van der Waals surface area (Å²) in [6.07, 6.45) is 1.75. The van der Waals surface area contributed by atoms with Gasteiger partial charge >= 0.3 is 58.2 Å². The number of hydrogen-bond acceptors (Lipinski definition) is 0. The Hall–Kier alpha value is 0.825. The van der Waals surface area contributed by atoms with Crippen molar-refractivity contribution >= 4 is 0 Å². The van der Waals surface area contributed by atoms with Crippen LogP contribution in [0.3, 0.4) is 0 Å². The summed E-state index contributed by atoms with van der Waals surface area (Å²) in [6, 6.07) is 6.70. The maximum atomic E-state index is 12.6. The molecule has 1 aromatic rings. The van der Waals surface area contributed by atoms with Crippen LogP contribution in [0, 0.1) is 12.2 Å². The van der Waals surface area contributed by atoms with Crippen LogP contribution in [0.4, 0.5) is 4.39 Å². The predicted octanol–water partition coefficient (Wildman–Crippen LogP) is -0.598. The van der Waals surface area contributed by atoms with E-state index in [9.17, 15) is 4.39 Å². The van der Waals surface area contributed by atoms with Crippen molar-refractivity contribution in [3.05, 3.63) is 42.1 Å². The van der Waals surface area contributed by atoms with Crippen molar-refractivity contribution in [1.29, 1.82) is 0 Å². The van der Waals surface area contributed by atoms with Crippen molar-refractivity contribution in [3.8, 4) is 0 Å². The van der Waals surface area contributed by atoms with Gasteiger partial charge < -0.3 is 0 Å². The van der Waals surface area contributed by atoms with Crippen LogP contribution in [0.2, 0.25) is 0 Å². The Morgan fingerprint density at radius 1 is 1.30 bits per heavy atom. The zero-order valence-electron chi connectivity index (χ0n) is 6.26. The van der Waals surface area contributed by atoms with Gasteiger partial charge in [0, 0.05) is 5.82 Å². The smallest absolute Gasteiger partial charge is 0.284 e. The summed E-state index contributed by atoms with van der Waals surface area (Å²) >= 11 is 0. The van der Waals surface area contributed by atoms with Crippen LogP contribution in [-0.2, 0) is 0 Å². The predicted molar refractivity (Wildman–Crippen MR) is 35.5 cm³/mol. The second kappa shape index (κ2) is 5.47. The van der Waals surface area contributed by atoms with Crippen molar-refractivity contribution in [2.75, 3.05) is 0 Å². The van der Waals surface area contributed by atoms with Crippen LogP contribution in [-0.4, -0.2) is 0 Å². The summed E-state index contributed by atoms with van der Waals surface area (Å²) in [7, 11) is 0. The van der Waals surface area contributed by atoms with Crippen LogP contribution < -0.4 is 58.2 Å². The Bertz CT molecular complexity index is 198. The van der Waals surface area contributed by atoms with Crippen molar-refractivity contribution in [1.82, 2.24) is 0 Å². The van der Waals surface area contributed by atoms with Crippen LogP contribution in [0.25, 0.3) is 0 Å². The minimum Gasteiger partial charge on any atom is -0.284 e. The first kappa shape index (κ1) is 10.8. The third-order valence-electron chi connectivity index (χ3n) is 1.22. The average molecular weight is 209 g/mol. The van der Waals surface area contributed by atoms with Crippen molar-refractivity contribution < 1.29 is 62.6 Å². The fourth-order valence-electron chi connectivity index (χ4n) is 0.709. The van der Waals surface area contributed by atoms with E-state index in [1.807, 2.05) is 13.0 Å². The molecule has 0 atom stereocenters. The van der Waals surface area contributed by atoms with Gasteiger partial charge in [-0.3, -0.25) is 4.39 Å². The molecule has 1 rings (SSSR count). The molecule has 0 nitrogen and oxygen atoms in total. The largest absolute Gasteiger partial charge is 1.00 e. The summed E-state index contributed by atoms with van der Waals surface area (Å²) in [5.41, 5.74) is 0.664. The number of benzene rings is 1. The van der Waals surface area contributed by atoms with E-state index >= 15 is 0 Å². The van der Waals surface area contributed by atoms with Gasteiger partial charge in [-0.2, -0.15) is 18.1 Å². The Balaban J connectivity index is 0.000000810. The third kappa shape index (κ3) is 2.83. The zero-order valence-corrected chi connectivity index (χ0v) is 11.2. The molecule has 1 aromatic carbocycles. The minimum absolute atomic E-state index is 0. The van der Waals surface area contributed by atoms with Crippen LogP contribution >= 0.6 is 0 Å². The first-order valence-corrected chi connectivity index (χ1v) is 2.88. The molecule has 10 heavy (non-hydrogen) atoms. The molecule has 0 heterocycles. The molecule has 0 spiro atoms. The van der Waals surface area contributed by atoms with Crippen molar-refractivity contribution in [3.63, 3.8) is 0 Å². The monoisotopic (exact) mass is 208 g/mol. The second-order valence-electron chi connectivity index (χ2n) is 1.81. The second-order valence-corrected chi connectivity index (χ2v) is 1.81. The average Bonchev–Trinajstić information content (AvgIpc) is 1.89. The fourth-order valence-corrected chi connectivity index (χ4v) is 0.709. The molecule has 0 amide bonds. The Morgan fingerprint density at radius 3 is 2.30 bits per heavy atom. The summed E-state index contributed by atoms with van der Waals surface area (Å²) in [5.74, 6) is -0.153. The van der Waals surface area contributed by atoms with Gasteiger partial charge in [-0.05, 0) is 0 Å².